The van der Waals surface area contributed by atoms with Crippen LogP contribution in [0.25, 0.3) is 32.4 Å². The lowest BCUT2D eigenvalue weighted by molar-refractivity contribution is 0.398. The summed E-state index contributed by atoms with van der Waals surface area (Å²) in [4.78, 5) is 30.6. The molecule has 0 aliphatic rings. The van der Waals surface area contributed by atoms with Gasteiger partial charge in [0.2, 0.25) is 11.6 Å². The number of pyridine rings is 2. The van der Waals surface area contributed by atoms with E-state index in [0.29, 0.717) is 28.6 Å². The van der Waals surface area contributed by atoms with Crippen LogP contribution in [-0.4, -0.2) is 26.6 Å². The van der Waals surface area contributed by atoms with E-state index in [2.05, 4.69) is 25.1 Å². The van der Waals surface area contributed by atoms with Crippen molar-refractivity contribution in [3.8, 4) is 22.7 Å². The molecule has 2 aromatic carbocycles. The fraction of sp³-hybridized carbons (Fsp3) is 0.138. The number of nitrogens with one attached hydrogen (secondary N) is 1. The van der Waals surface area contributed by atoms with Gasteiger partial charge in [0.25, 0.3) is 5.56 Å². The third-order valence-corrected chi connectivity index (χ3v) is 6.15. The SMILES string of the molecule is [C-]#[N+]c1cnc(C)nc1N[C@@H](C)c1cc2cccc(-c3ccc(OC)nc3)c2c(=O)n1-c1ccccc1. The van der Waals surface area contributed by atoms with E-state index in [1.165, 1.54) is 6.20 Å². The first kappa shape index (κ1) is 23.7. The molecule has 0 amide bonds. The Bertz CT molecular complexity index is 1690. The van der Waals surface area contributed by atoms with Crippen molar-refractivity contribution in [2.24, 2.45) is 0 Å². The van der Waals surface area contributed by atoms with Crippen LogP contribution in [0, 0.1) is 13.5 Å². The standard InChI is InChI=1S/C29H24N6O2/c1-18(33-28-24(30-3)17-31-19(2)34-28)25-15-20-9-8-12-23(21-13-14-26(37-4)32-16-21)27(20)29(36)35(25)22-10-6-5-7-11-22/h5-18H,1-2,4H3,(H,31,33,34)/t18-/m0/s1. The molecule has 0 radical (unpaired) electrons. The summed E-state index contributed by atoms with van der Waals surface area (Å²) in [6.45, 7) is 11.2. The van der Waals surface area contributed by atoms with E-state index in [1.807, 2.05) is 67.6 Å². The first-order chi connectivity index (χ1) is 18.0. The summed E-state index contributed by atoms with van der Waals surface area (Å²) in [5.74, 6) is 1.49. The maximum atomic E-state index is 14.2. The number of fused-ring (bicyclic) bond motifs is 1. The second-order valence-corrected chi connectivity index (χ2v) is 8.53. The molecule has 0 aliphatic carbocycles. The van der Waals surface area contributed by atoms with E-state index in [4.69, 9.17) is 11.3 Å². The quantitative estimate of drug-likeness (QED) is 0.300. The van der Waals surface area contributed by atoms with Gasteiger partial charge in [-0.2, -0.15) is 0 Å². The van der Waals surface area contributed by atoms with Crippen LogP contribution in [0.3, 0.4) is 0 Å². The molecule has 8 nitrogen and oxygen atoms in total. The van der Waals surface area contributed by atoms with Crippen LogP contribution < -0.4 is 15.6 Å². The van der Waals surface area contributed by atoms with Crippen LogP contribution in [0.1, 0.15) is 24.5 Å². The Morgan fingerprint density at radius 1 is 1.03 bits per heavy atom. The third kappa shape index (κ3) is 4.50. The van der Waals surface area contributed by atoms with Crippen molar-refractivity contribution >= 4 is 22.3 Å². The molecule has 0 aliphatic heterocycles. The predicted molar refractivity (Wildman–Crippen MR) is 144 cm³/mol. The van der Waals surface area contributed by atoms with Gasteiger partial charge in [0.1, 0.15) is 11.6 Å². The zero-order chi connectivity index (χ0) is 25.9. The maximum absolute atomic E-state index is 14.2. The van der Waals surface area contributed by atoms with Crippen molar-refractivity contribution in [1.29, 1.82) is 0 Å². The number of methoxy groups -OCH3 is 1. The Morgan fingerprint density at radius 3 is 2.54 bits per heavy atom. The summed E-state index contributed by atoms with van der Waals surface area (Å²) in [5.41, 5.74) is 3.26. The molecule has 8 heteroatoms. The number of anilines is 1. The number of para-hydroxylation sites is 1. The predicted octanol–water partition coefficient (Wildman–Crippen LogP) is 5.88. The number of benzene rings is 2. The molecule has 0 bridgehead atoms. The van der Waals surface area contributed by atoms with E-state index in [0.717, 1.165) is 27.9 Å². The molecule has 1 atom stereocenters. The summed E-state index contributed by atoms with van der Waals surface area (Å²) in [5, 5.41) is 4.73. The van der Waals surface area contributed by atoms with Gasteiger partial charge in [-0.05, 0) is 49.1 Å². The zero-order valence-electron chi connectivity index (χ0n) is 20.6. The van der Waals surface area contributed by atoms with Gasteiger partial charge >= 0.3 is 0 Å². The van der Waals surface area contributed by atoms with Crippen LogP contribution >= 0.6 is 0 Å². The highest BCUT2D eigenvalue weighted by Gasteiger charge is 2.20. The van der Waals surface area contributed by atoms with Gasteiger partial charge in [0, 0.05) is 35.4 Å². The molecule has 5 aromatic rings. The number of rotatable bonds is 6. The summed E-state index contributed by atoms with van der Waals surface area (Å²) in [7, 11) is 1.57. The Hall–Kier alpha value is -5.03. The number of aryl methyl sites for hydroxylation is 1. The van der Waals surface area contributed by atoms with Gasteiger partial charge < -0.3 is 10.1 Å². The number of ether oxygens (including phenoxy) is 1. The average molecular weight is 489 g/mol. The molecule has 0 saturated carbocycles. The molecule has 5 rings (SSSR count). The third-order valence-electron chi connectivity index (χ3n) is 6.15. The lowest BCUT2D eigenvalue weighted by Crippen LogP contribution is -2.26. The second kappa shape index (κ2) is 9.91. The van der Waals surface area contributed by atoms with Crippen molar-refractivity contribution in [2.45, 2.75) is 19.9 Å². The highest BCUT2D eigenvalue weighted by atomic mass is 16.5. The van der Waals surface area contributed by atoms with Crippen molar-refractivity contribution < 1.29 is 4.74 Å². The molecule has 3 aromatic heterocycles. The monoisotopic (exact) mass is 488 g/mol. The molecule has 182 valence electrons. The molecule has 1 N–H and O–H groups in total. The smallest absolute Gasteiger partial charge is 0.263 e. The molecule has 37 heavy (non-hydrogen) atoms. The van der Waals surface area contributed by atoms with Crippen molar-refractivity contribution in [3.05, 3.63) is 112 Å². The van der Waals surface area contributed by atoms with E-state index in [1.54, 1.807) is 30.9 Å². The lowest BCUT2D eigenvalue weighted by Gasteiger charge is -2.22. The summed E-state index contributed by atoms with van der Waals surface area (Å²) >= 11 is 0. The molecular formula is C29H24N6O2. The minimum atomic E-state index is -0.349. The molecule has 0 unspecified atom stereocenters. The average Bonchev–Trinajstić information content (AvgIpc) is 2.93. The summed E-state index contributed by atoms with van der Waals surface area (Å²) in [6, 6.07) is 20.6. The van der Waals surface area contributed by atoms with E-state index in [-0.39, 0.29) is 11.6 Å². The Balaban J connectivity index is 1.73. The van der Waals surface area contributed by atoms with Gasteiger partial charge in [-0.3, -0.25) is 14.3 Å². The first-order valence-electron chi connectivity index (χ1n) is 11.7. The van der Waals surface area contributed by atoms with Gasteiger partial charge in [-0.15, -0.1) is 0 Å². The molecule has 3 heterocycles. The number of nitrogens with zero attached hydrogens (tertiary/aromatic N) is 5. The fourth-order valence-electron chi connectivity index (χ4n) is 4.38. The second-order valence-electron chi connectivity index (χ2n) is 8.53. The Labute approximate surface area is 214 Å². The molecular weight excluding hydrogens is 464 g/mol. The molecule has 0 saturated heterocycles. The Kier molecular flexibility index (Phi) is 6.35. The van der Waals surface area contributed by atoms with Crippen molar-refractivity contribution in [1.82, 2.24) is 19.5 Å². The summed E-state index contributed by atoms with van der Waals surface area (Å²) < 4.78 is 6.91. The van der Waals surface area contributed by atoms with Crippen LogP contribution in [0.2, 0.25) is 0 Å². The first-order valence-corrected chi connectivity index (χ1v) is 11.7. The highest BCUT2D eigenvalue weighted by Crippen LogP contribution is 2.31. The minimum absolute atomic E-state index is 0.150. The molecule has 0 spiro atoms. The highest BCUT2D eigenvalue weighted by molar-refractivity contribution is 5.96. The minimum Gasteiger partial charge on any atom is -0.481 e. The van der Waals surface area contributed by atoms with Crippen LogP contribution in [-0.2, 0) is 0 Å². The number of hydrogen-bond donors (Lipinski definition) is 1. The van der Waals surface area contributed by atoms with E-state index in [9.17, 15) is 4.79 Å². The van der Waals surface area contributed by atoms with E-state index >= 15 is 0 Å². The van der Waals surface area contributed by atoms with Crippen molar-refractivity contribution in [2.75, 3.05) is 12.4 Å². The number of hydrogen-bond acceptors (Lipinski definition) is 6. The number of aromatic nitrogens is 4. The van der Waals surface area contributed by atoms with Gasteiger partial charge in [0.15, 0.2) is 0 Å². The van der Waals surface area contributed by atoms with Crippen LogP contribution in [0.4, 0.5) is 11.5 Å². The summed E-state index contributed by atoms with van der Waals surface area (Å²) in [6.07, 6.45) is 3.21. The topological polar surface area (TPSA) is 86.3 Å². The zero-order valence-corrected chi connectivity index (χ0v) is 20.6. The van der Waals surface area contributed by atoms with Gasteiger partial charge in [-0.25, -0.2) is 14.8 Å². The Morgan fingerprint density at radius 2 is 1.84 bits per heavy atom. The van der Waals surface area contributed by atoms with Crippen molar-refractivity contribution in [3.63, 3.8) is 0 Å². The normalized spacial score (nSPS) is 11.6. The van der Waals surface area contributed by atoms with Gasteiger partial charge in [0.05, 0.1) is 25.1 Å². The fourth-order valence-corrected chi connectivity index (χ4v) is 4.38. The largest absolute Gasteiger partial charge is 0.481 e. The lowest BCUT2D eigenvalue weighted by atomic mass is 9.99. The molecule has 0 fully saturated rings. The maximum Gasteiger partial charge on any atom is 0.263 e. The van der Waals surface area contributed by atoms with Crippen LogP contribution in [0.5, 0.6) is 5.88 Å². The van der Waals surface area contributed by atoms with Gasteiger partial charge in [-0.1, -0.05) is 36.4 Å². The van der Waals surface area contributed by atoms with E-state index < -0.39 is 0 Å². The van der Waals surface area contributed by atoms with Crippen LogP contribution in [0.15, 0.2) is 83.9 Å².